The number of allylic oxidation sites excluding steroid dienone is 1. The maximum Gasteiger partial charge on any atom is 0.217 e. The minimum atomic E-state index is -0.234. The number of primary amides is 1. The van der Waals surface area contributed by atoms with Crippen LogP contribution in [0.1, 0.15) is 64.7 Å². The first-order valence-electron chi connectivity index (χ1n) is 10.1. The van der Waals surface area contributed by atoms with Gasteiger partial charge in [0.15, 0.2) is 0 Å². The van der Waals surface area contributed by atoms with E-state index in [1.54, 1.807) is 0 Å². The monoisotopic (exact) mass is 349 g/mol. The zero-order valence-electron chi connectivity index (χ0n) is 15.6. The van der Waals surface area contributed by atoms with E-state index < -0.39 is 0 Å². The number of carbonyl (C=O) groups excluding carboxylic acids is 1. The van der Waals surface area contributed by atoms with Gasteiger partial charge in [-0.3, -0.25) is 4.79 Å². The quantitative estimate of drug-likeness (QED) is 0.667. The third kappa shape index (κ3) is 3.52. The van der Waals surface area contributed by atoms with Crippen LogP contribution in [0.2, 0.25) is 0 Å². The largest absolute Gasteiger partial charge is 0.396 e. The minimum Gasteiger partial charge on any atom is -0.396 e. The molecule has 25 heavy (non-hydrogen) atoms. The van der Waals surface area contributed by atoms with Crippen LogP contribution in [-0.4, -0.2) is 28.8 Å². The Morgan fingerprint density at radius 3 is 2.72 bits per heavy atom. The molecule has 0 unspecified atom stereocenters. The predicted octanol–water partition coefficient (Wildman–Crippen LogP) is 3.02. The standard InChI is InChI=1S/C21H35NO3/c1-13-3-6-19-18(12-20(22)25)17(7-9-21(13,19)2)16-5-4-15(24)11-14(16)8-10-23/h14-19,23-24H,1,3-12H2,2H3,(H2,22,25)/t14-,15-,16+,17+,18+,19-,21+/m0/s1. The van der Waals surface area contributed by atoms with Gasteiger partial charge in [0.05, 0.1) is 6.10 Å². The lowest BCUT2D eigenvalue weighted by Crippen LogP contribution is -2.46. The number of hydrogen-bond acceptors (Lipinski definition) is 3. The lowest BCUT2D eigenvalue weighted by Gasteiger charge is -2.51. The summed E-state index contributed by atoms with van der Waals surface area (Å²) in [5, 5.41) is 19.6. The summed E-state index contributed by atoms with van der Waals surface area (Å²) in [5.41, 5.74) is 7.17. The molecule has 0 aromatic heterocycles. The van der Waals surface area contributed by atoms with E-state index in [-0.39, 0.29) is 24.0 Å². The number of fused-ring (bicyclic) bond motifs is 1. The van der Waals surface area contributed by atoms with E-state index in [1.165, 1.54) is 5.57 Å². The molecule has 3 saturated carbocycles. The van der Waals surface area contributed by atoms with Gasteiger partial charge in [0.25, 0.3) is 0 Å². The number of aliphatic hydroxyl groups excluding tert-OH is 2. The van der Waals surface area contributed by atoms with E-state index in [2.05, 4.69) is 13.5 Å². The highest BCUT2D eigenvalue weighted by Gasteiger charge is 2.53. The Labute approximate surface area is 151 Å². The molecule has 142 valence electrons. The van der Waals surface area contributed by atoms with Gasteiger partial charge in [-0.15, -0.1) is 0 Å². The van der Waals surface area contributed by atoms with Crippen molar-refractivity contribution in [1.82, 2.24) is 0 Å². The topological polar surface area (TPSA) is 83.6 Å². The number of rotatable bonds is 5. The van der Waals surface area contributed by atoms with Crippen LogP contribution >= 0.6 is 0 Å². The molecular formula is C21H35NO3. The van der Waals surface area contributed by atoms with Crippen LogP contribution in [0.15, 0.2) is 12.2 Å². The summed E-state index contributed by atoms with van der Waals surface area (Å²) in [6, 6.07) is 0. The first-order chi connectivity index (χ1) is 11.9. The zero-order chi connectivity index (χ0) is 18.2. The van der Waals surface area contributed by atoms with E-state index in [4.69, 9.17) is 5.73 Å². The Balaban J connectivity index is 1.86. The molecule has 4 heteroatoms. The van der Waals surface area contributed by atoms with Crippen LogP contribution in [0.25, 0.3) is 0 Å². The summed E-state index contributed by atoms with van der Waals surface area (Å²) < 4.78 is 0. The smallest absolute Gasteiger partial charge is 0.217 e. The third-order valence-electron chi connectivity index (χ3n) is 7.95. The molecule has 0 aliphatic heterocycles. The summed E-state index contributed by atoms with van der Waals surface area (Å²) in [5.74, 6) is 2.00. The normalized spacial score (nSPS) is 44.5. The lowest BCUT2D eigenvalue weighted by atomic mass is 9.53. The first kappa shape index (κ1) is 18.9. The van der Waals surface area contributed by atoms with Gasteiger partial charge in [-0.05, 0) is 86.4 Å². The Hall–Kier alpha value is -0.870. The van der Waals surface area contributed by atoms with Crippen molar-refractivity contribution in [3.8, 4) is 0 Å². The fraction of sp³-hybridized carbons (Fsp3) is 0.857. The van der Waals surface area contributed by atoms with Gasteiger partial charge in [0, 0.05) is 13.0 Å². The molecule has 0 saturated heterocycles. The molecule has 1 amide bonds. The summed E-state index contributed by atoms with van der Waals surface area (Å²) in [6.45, 7) is 6.85. The molecule has 4 nitrogen and oxygen atoms in total. The Morgan fingerprint density at radius 1 is 1.28 bits per heavy atom. The van der Waals surface area contributed by atoms with E-state index in [1.807, 2.05) is 0 Å². The molecular weight excluding hydrogens is 314 g/mol. The molecule has 3 fully saturated rings. The molecule has 0 bridgehead atoms. The van der Waals surface area contributed by atoms with Crippen molar-refractivity contribution >= 4 is 5.91 Å². The maximum absolute atomic E-state index is 11.8. The molecule has 7 atom stereocenters. The fourth-order valence-corrected chi connectivity index (χ4v) is 6.61. The lowest BCUT2D eigenvalue weighted by molar-refractivity contribution is -0.122. The van der Waals surface area contributed by atoms with E-state index in [0.717, 1.165) is 51.4 Å². The second-order valence-corrected chi connectivity index (χ2v) is 9.11. The van der Waals surface area contributed by atoms with Crippen molar-refractivity contribution in [3.05, 3.63) is 12.2 Å². The van der Waals surface area contributed by atoms with E-state index in [9.17, 15) is 15.0 Å². The van der Waals surface area contributed by atoms with Crippen LogP contribution in [0.3, 0.4) is 0 Å². The minimum absolute atomic E-state index is 0.164. The van der Waals surface area contributed by atoms with Gasteiger partial charge in [-0.2, -0.15) is 0 Å². The van der Waals surface area contributed by atoms with Crippen molar-refractivity contribution in [2.24, 2.45) is 40.7 Å². The SMILES string of the molecule is C=C1CC[C@H]2[C@H](CC(N)=O)[C@@H]([C@@H]3CC[C@H](O)C[C@@H]3CCO)CC[C@]12C. The van der Waals surface area contributed by atoms with Crippen molar-refractivity contribution in [3.63, 3.8) is 0 Å². The van der Waals surface area contributed by atoms with Crippen molar-refractivity contribution in [1.29, 1.82) is 0 Å². The highest BCUT2D eigenvalue weighted by atomic mass is 16.3. The predicted molar refractivity (Wildman–Crippen MR) is 98.5 cm³/mol. The van der Waals surface area contributed by atoms with Gasteiger partial charge in [0.2, 0.25) is 5.91 Å². The van der Waals surface area contributed by atoms with Crippen molar-refractivity contribution in [2.45, 2.75) is 70.8 Å². The van der Waals surface area contributed by atoms with Gasteiger partial charge in [-0.1, -0.05) is 19.1 Å². The van der Waals surface area contributed by atoms with Gasteiger partial charge in [-0.25, -0.2) is 0 Å². The first-order valence-corrected chi connectivity index (χ1v) is 10.1. The number of aliphatic hydroxyl groups is 2. The Kier molecular flexibility index (Phi) is 5.60. The molecule has 0 spiro atoms. The van der Waals surface area contributed by atoms with Gasteiger partial charge in [0.1, 0.15) is 0 Å². The van der Waals surface area contributed by atoms with Gasteiger partial charge < -0.3 is 15.9 Å². The Morgan fingerprint density at radius 2 is 2.04 bits per heavy atom. The molecule has 3 rings (SSSR count). The average Bonchev–Trinajstić information content (AvgIpc) is 2.84. The van der Waals surface area contributed by atoms with Gasteiger partial charge >= 0.3 is 0 Å². The van der Waals surface area contributed by atoms with Crippen LogP contribution in [0, 0.1) is 35.0 Å². The second-order valence-electron chi connectivity index (χ2n) is 9.11. The highest BCUT2D eigenvalue weighted by Crippen LogP contribution is 2.61. The summed E-state index contributed by atoms with van der Waals surface area (Å²) >= 11 is 0. The molecule has 0 aromatic rings. The van der Waals surface area contributed by atoms with Crippen LogP contribution in [-0.2, 0) is 4.79 Å². The Bertz CT molecular complexity index is 519. The average molecular weight is 350 g/mol. The molecule has 0 radical (unpaired) electrons. The second kappa shape index (κ2) is 7.40. The highest BCUT2D eigenvalue weighted by molar-refractivity contribution is 5.74. The summed E-state index contributed by atoms with van der Waals surface area (Å²) in [7, 11) is 0. The number of carbonyl (C=O) groups is 1. The third-order valence-corrected chi connectivity index (χ3v) is 7.95. The molecule has 0 aromatic carbocycles. The fourth-order valence-electron chi connectivity index (χ4n) is 6.61. The van der Waals surface area contributed by atoms with E-state index >= 15 is 0 Å². The maximum atomic E-state index is 11.8. The zero-order valence-corrected chi connectivity index (χ0v) is 15.6. The molecule has 3 aliphatic carbocycles. The van der Waals surface area contributed by atoms with Crippen LogP contribution in [0.5, 0.6) is 0 Å². The number of amides is 1. The van der Waals surface area contributed by atoms with Crippen molar-refractivity contribution < 1.29 is 15.0 Å². The molecule has 4 N–H and O–H groups in total. The summed E-state index contributed by atoms with van der Waals surface area (Å²) in [6.07, 6.45) is 8.13. The number of nitrogens with two attached hydrogens (primary N) is 1. The van der Waals surface area contributed by atoms with Crippen LogP contribution < -0.4 is 5.73 Å². The van der Waals surface area contributed by atoms with Crippen LogP contribution in [0.4, 0.5) is 0 Å². The molecule has 0 heterocycles. The van der Waals surface area contributed by atoms with Crippen molar-refractivity contribution in [2.75, 3.05) is 6.61 Å². The van der Waals surface area contributed by atoms with E-state index in [0.29, 0.717) is 36.0 Å². The number of hydrogen-bond donors (Lipinski definition) is 3. The summed E-state index contributed by atoms with van der Waals surface area (Å²) in [4.78, 5) is 11.8. The molecule has 3 aliphatic rings.